The largest absolute Gasteiger partial charge is 0.483 e. The van der Waals surface area contributed by atoms with Gasteiger partial charge in [0, 0.05) is 16.3 Å². The van der Waals surface area contributed by atoms with E-state index in [9.17, 15) is 9.90 Å². The van der Waals surface area contributed by atoms with Crippen LogP contribution in [0.5, 0.6) is 5.75 Å². The molecule has 2 N–H and O–H groups in total. The molecule has 5 heteroatoms. The zero-order valence-electron chi connectivity index (χ0n) is 12.5. The first kappa shape index (κ1) is 16.3. The number of aliphatic hydroxyl groups is 1. The third-order valence-corrected chi connectivity index (χ3v) is 3.42. The van der Waals surface area contributed by atoms with Gasteiger partial charge in [0.2, 0.25) is 0 Å². The number of benzene rings is 2. The Kier molecular flexibility index (Phi) is 5.41. The molecule has 0 saturated carbocycles. The Bertz CT molecular complexity index is 671. The lowest BCUT2D eigenvalue weighted by molar-refractivity contribution is -0.118. The highest BCUT2D eigenvalue weighted by Gasteiger charge is 2.11. The highest BCUT2D eigenvalue weighted by atomic mass is 35.5. The average Bonchev–Trinajstić information content (AvgIpc) is 2.46. The Morgan fingerprint density at radius 2 is 2.05 bits per heavy atom. The van der Waals surface area contributed by atoms with Crippen LogP contribution in [0.4, 0.5) is 5.69 Å². The minimum atomic E-state index is -0.657. The number of hydrogen-bond acceptors (Lipinski definition) is 3. The molecule has 4 nitrogen and oxygen atoms in total. The van der Waals surface area contributed by atoms with Crippen molar-refractivity contribution in [2.45, 2.75) is 20.0 Å². The van der Waals surface area contributed by atoms with Gasteiger partial charge in [-0.15, -0.1) is 0 Å². The van der Waals surface area contributed by atoms with Crippen molar-refractivity contribution in [2.24, 2.45) is 0 Å². The number of rotatable bonds is 5. The summed E-state index contributed by atoms with van der Waals surface area (Å²) in [6.07, 6.45) is -0.657. The third kappa shape index (κ3) is 4.23. The number of para-hydroxylation sites is 1. The maximum Gasteiger partial charge on any atom is 0.262 e. The second kappa shape index (κ2) is 7.29. The second-order valence-corrected chi connectivity index (χ2v) is 5.45. The van der Waals surface area contributed by atoms with Crippen molar-refractivity contribution >= 4 is 23.2 Å². The number of nitrogens with one attached hydrogen (secondary N) is 1. The van der Waals surface area contributed by atoms with Crippen LogP contribution in [0.3, 0.4) is 0 Å². The third-order valence-electron chi connectivity index (χ3n) is 3.18. The number of ether oxygens (including phenoxy) is 1. The summed E-state index contributed by atoms with van der Waals surface area (Å²) in [6, 6.07) is 12.3. The van der Waals surface area contributed by atoms with Crippen molar-refractivity contribution in [2.75, 3.05) is 11.9 Å². The summed E-state index contributed by atoms with van der Waals surface area (Å²) < 4.78 is 5.49. The Hall–Kier alpha value is -2.04. The van der Waals surface area contributed by atoms with Crippen LogP contribution in [-0.4, -0.2) is 17.6 Å². The predicted molar refractivity (Wildman–Crippen MR) is 87.4 cm³/mol. The summed E-state index contributed by atoms with van der Waals surface area (Å²) in [4.78, 5) is 12.0. The number of hydrogen-bond donors (Lipinski definition) is 2. The van der Waals surface area contributed by atoms with Gasteiger partial charge in [-0.25, -0.2) is 0 Å². The lowest BCUT2D eigenvalue weighted by atomic mass is 10.1. The molecule has 0 spiro atoms. The summed E-state index contributed by atoms with van der Waals surface area (Å²) >= 11 is 5.88. The maximum absolute atomic E-state index is 12.0. The smallest absolute Gasteiger partial charge is 0.262 e. The molecule has 2 aromatic rings. The van der Waals surface area contributed by atoms with Gasteiger partial charge in [-0.2, -0.15) is 0 Å². The number of amides is 1. The van der Waals surface area contributed by atoms with Gasteiger partial charge in [-0.3, -0.25) is 4.79 Å². The van der Waals surface area contributed by atoms with Crippen LogP contribution in [0.25, 0.3) is 0 Å². The van der Waals surface area contributed by atoms with E-state index in [4.69, 9.17) is 16.3 Å². The van der Waals surface area contributed by atoms with Gasteiger partial charge >= 0.3 is 0 Å². The minimum absolute atomic E-state index is 0.114. The fraction of sp³-hybridized carbons (Fsp3) is 0.235. The quantitative estimate of drug-likeness (QED) is 0.883. The Labute approximate surface area is 134 Å². The number of aryl methyl sites for hydroxylation is 1. The standard InChI is InChI=1S/C17H18ClNO3/c1-11-9-13(18)7-8-16(11)22-10-17(21)19-15-6-4-3-5-14(15)12(2)20/h3-9,12,20H,10H2,1-2H3,(H,19,21). The molecular weight excluding hydrogens is 302 g/mol. The Morgan fingerprint density at radius 3 is 2.73 bits per heavy atom. The molecule has 1 unspecified atom stereocenters. The van der Waals surface area contributed by atoms with Crippen molar-refractivity contribution in [1.29, 1.82) is 0 Å². The number of halogens is 1. The molecule has 0 radical (unpaired) electrons. The van der Waals surface area contributed by atoms with Crippen molar-refractivity contribution in [3.05, 3.63) is 58.6 Å². The topological polar surface area (TPSA) is 58.6 Å². The normalized spacial score (nSPS) is 11.8. The molecular formula is C17H18ClNO3. The zero-order valence-corrected chi connectivity index (χ0v) is 13.2. The Balaban J connectivity index is 1.99. The van der Waals surface area contributed by atoms with E-state index in [1.807, 2.05) is 13.0 Å². The zero-order chi connectivity index (χ0) is 16.1. The van der Waals surface area contributed by atoms with E-state index in [-0.39, 0.29) is 12.5 Å². The van der Waals surface area contributed by atoms with Crippen LogP contribution < -0.4 is 10.1 Å². The first-order valence-electron chi connectivity index (χ1n) is 6.93. The number of aliphatic hydroxyl groups excluding tert-OH is 1. The lowest BCUT2D eigenvalue weighted by Crippen LogP contribution is -2.21. The van der Waals surface area contributed by atoms with E-state index in [1.54, 1.807) is 43.3 Å². The van der Waals surface area contributed by atoms with Gasteiger partial charge in [0.15, 0.2) is 6.61 Å². The number of carbonyl (C=O) groups excluding carboxylic acids is 1. The van der Waals surface area contributed by atoms with E-state index in [0.29, 0.717) is 22.0 Å². The molecule has 0 fully saturated rings. The molecule has 0 bridgehead atoms. The first-order valence-corrected chi connectivity index (χ1v) is 7.31. The summed E-state index contributed by atoms with van der Waals surface area (Å²) in [5.74, 6) is 0.325. The molecule has 0 aliphatic carbocycles. The van der Waals surface area contributed by atoms with E-state index in [1.165, 1.54) is 0 Å². The van der Waals surface area contributed by atoms with Gasteiger partial charge < -0.3 is 15.2 Å². The van der Waals surface area contributed by atoms with Crippen LogP contribution in [0.1, 0.15) is 24.2 Å². The SMILES string of the molecule is Cc1cc(Cl)ccc1OCC(=O)Nc1ccccc1C(C)O. The molecule has 0 aromatic heterocycles. The predicted octanol–water partition coefficient (Wildman–Crippen LogP) is 3.72. The van der Waals surface area contributed by atoms with Gasteiger partial charge in [0.05, 0.1) is 6.10 Å². The monoisotopic (exact) mass is 319 g/mol. The molecule has 2 rings (SSSR count). The fourth-order valence-electron chi connectivity index (χ4n) is 2.08. The van der Waals surface area contributed by atoms with Crippen LogP contribution in [0, 0.1) is 6.92 Å². The number of carbonyl (C=O) groups is 1. The molecule has 0 aliphatic heterocycles. The molecule has 0 saturated heterocycles. The van der Waals surface area contributed by atoms with Crippen LogP contribution in [0.15, 0.2) is 42.5 Å². The van der Waals surface area contributed by atoms with Crippen molar-refractivity contribution in [1.82, 2.24) is 0 Å². The van der Waals surface area contributed by atoms with Gasteiger partial charge in [0.25, 0.3) is 5.91 Å². The van der Waals surface area contributed by atoms with Crippen molar-refractivity contribution in [3.63, 3.8) is 0 Å². The molecule has 116 valence electrons. The molecule has 22 heavy (non-hydrogen) atoms. The summed E-state index contributed by atoms with van der Waals surface area (Å²) in [5.41, 5.74) is 2.11. The van der Waals surface area contributed by atoms with Crippen LogP contribution >= 0.6 is 11.6 Å². The second-order valence-electron chi connectivity index (χ2n) is 5.01. The van der Waals surface area contributed by atoms with Gasteiger partial charge in [-0.05, 0) is 43.7 Å². The fourth-order valence-corrected chi connectivity index (χ4v) is 2.31. The number of anilines is 1. The minimum Gasteiger partial charge on any atom is -0.483 e. The van der Waals surface area contributed by atoms with Crippen molar-refractivity contribution in [3.8, 4) is 5.75 Å². The van der Waals surface area contributed by atoms with Crippen LogP contribution in [0.2, 0.25) is 5.02 Å². The molecule has 0 aliphatic rings. The Morgan fingerprint density at radius 1 is 1.32 bits per heavy atom. The summed E-state index contributed by atoms with van der Waals surface area (Å²) in [7, 11) is 0. The molecule has 0 heterocycles. The van der Waals surface area contributed by atoms with Crippen LogP contribution in [-0.2, 0) is 4.79 Å². The van der Waals surface area contributed by atoms with E-state index >= 15 is 0 Å². The first-order chi connectivity index (χ1) is 10.5. The lowest BCUT2D eigenvalue weighted by Gasteiger charge is -2.14. The van der Waals surface area contributed by atoms with E-state index in [0.717, 1.165) is 5.56 Å². The molecule has 1 atom stereocenters. The van der Waals surface area contributed by atoms with Gasteiger partial charge in [0.1, 0.15) is 5.75 Å². The van der Waals surface area contributed by atoms with E-state index < -0.39 is 6.10 Å². The highest BCUT2D eigenvalue weighted by Crippen LogP contribution is 2.23. The summed E-state index contributed by atoms with van der Waals surface area (Å²) in [6.45, 7) is 3.40. The molecule has 2 aromatic carbocycles. The highest BCUT2D eigenvalue weighted by molar-refractivity contribution is 6.30. The van der Waals surface area contributed by atoms with Gasteiger partial charge in [-0.1, -0.05) is 29.8 Å². The van der Waals surface area contributed by atoms with E-state index in [2.05, 4.69) is 5.32 Å². The maximum atomic E-state index is 12.0. The van der Waals surface area contributed by atoms with Crippen molar-refractivity contribution < 1.29 is 14.6 Å². The average molecular weight is 320 g/mol. The molecule has 1 amide bonds. The summed E-state index contributed by atoms with van der Waals surface area (Å²) in [5, 5.41) is 13.1.